The van der Waals surface area contributed by atoms with E-state index in [0.717, 1.165) is 57.8 Å². The van der Waals surface area contributed by atoms with E-state index >= 15 is 0 Å². The van der Waals surface area contributed by atoms with Crippen LogP contribution < -0.4 is 0 Å². The lowest BCUT2D eigenvalue weighted by Crippen LogP contribution is -2.59. The molecule has 1 saturated heterocycles. The predicted octanol–water partition coefficient (Wildman–Crippen LogP) is 12.5. The van der Waals surface area contributed by atoms with Gasteiger partial charge in [0.2, 0.25) is 0 Å². The highest BCUT2D eigenvalue weighted by atomic mass is 16.7. The van der Waals surface area contributed by atoms with Crippen molar-refractivity contribution in [3.63, 3.8) is 0 Å². The monoisotopic (exact) mass is 895 g/mol. The summed E-state index contributed by atoms with van der Waals surface area (Å²) in [6.07, 6.45) is 43.4. The molecule has 63 heavy (non-hydrogen) atoms. The third-order valence-electron chi connectivity index (χ3n) is 12.3. The van der Waals surface area contributed by atoms with Crippen molar-refractivity contribution in [2.24, 2.45) is 0 Å². The minimum atomic E-state index is -1.60. The molecule has 370 valence electrons. The number of hydrogen-bond acceptors (Lipinski definition) is 10. The number of carbonyl (C=O) groups is 2. The molecule has 0 bridgehead atoms. The van der Waals surface area contributed by atoms with Crippen LogP contribution in [0.4, 0.5) is 0 Å². The van der Waals surface area contributed by atoms with Gasteiger partial charge in [0.25, 0.3) is 0 Å². The largest absolute Gasteiger partial charge is 0.462 e. The van der Waals surface area contributed by atoms with Crippen LogP contribution in [0.2, 0.25) is 0 Å². The molecule has 10 heteroatoms. The first-order valence-electron chi connectivity index (χ1n) is 26.4. The number of unbranched alkanes of at least 4 members (excludes halogenated alkanes) is 30. The minimum Gasteiger partial charge on any atom is -0.462 e. The van der Waals surface area contributed by atoms with Crippen LogP contribution in [0.5, 0.6) is 0 Å². The van der Waals surface area contributed by atoms with Crippen LogP contribution in [0.15, 0.2) is 24.3 Å². The number of aliphatic hydroxyl groups is 4. The zero-order valence-electron chi connectivity index (χ0n) is 40.6. The van der Waals surface area contributed by atoms with Gasteiger partial charge < -0.3 is 39.4 Å². The number of ether oxygens (including phenoxy) is 4. The van der Waals surface area contributed by atoms with Gasteiger partial charge in [-0.2, -0.15) is 0 Å². The number of hydrogen-bond donors (Lipinski definition) is 4. The molecule has 4 N–H and O–H groups in total. The van der Waals surface area contributed by atoms with E-state index in [4.69, 9.17) is 18.9 Å². The van der Waals surface area contributed by atoms with E-state index < -0.39 is 49.4 Å². The van der Waals surface area contributed by atoms with Crippen molar-refractivity contribution in [1.82, 2.24) is 0 Å². The summed E-state index contributed by atoms with van der Waals surface area (Å²) in [5.41, 5.74) is 0. The molecule has 0 aromatic carbocycles. The first-order chi connectivity index (χ1) is 30.8. The third kappa shape index (κ3) is 35.1. The van der Waals surface area contributed by atoms with E-state index in [0.29, 0.717) is 6.42 Å². The van der Waals surface area contributed by atoms with Crippen LogP contribution in [0.3, 0.4) is 0 Å². The predicted molar refractivity (Wildman–Crippen MR) is 256 cm³/mol. The van der Waals surface area contributed by atoms with E-state index in [-0.39, 0.29) is 32.0 Å². The lowest BCUT2D eigenvalue weighted by atomic mass is 9.99. The quantitative estimate of drug-likeness (QED) is 0.0264. The molecule has 1 aliphatic rings. The van der Waals surface area contributed by atoms with Gasteiger partial charge in [-0.3, -0.25) is 9.59 Å². The van der Waals surface area contributed by atoms with Gasteiger partial charge in [0.05, 0.1) is 13.2 Å². The standard InChI is InChI=1S/C53H98O10/c1-3-5-7-9-11-13-15-17-19-20-21-22-23-24-25-26-28-29-31-33-35-37-39-41-48(55)60-44-46(45-61-53-52(59)51(58)50(57)47(43-54)63-53)62-49(56)42-40-38-36-34-32-30-27-18-16-14-12-10-8-6-4-2/h12,14,18,27,46-47,50-54,57-59H,3-11,13,15-17,19-26,28-45H2,1-2H3/b14-12+,27-18+/t46-,47-,50+,51?,52?,53-/m0/s1. The Bertz CT molecular complexity index is 1080. The summed E-state index contributed by atoms with van der Waals surface area (Å²) in [5, 5.41) is 40.2. The Morgan fingerprint density at radius 1 is 0.492 bits per heavy atom. The molecule has 1 rings (SSSR count). The Morgan fingerprint density at radius 3 is 1.35 bits per heavy atom. The van der Waals surface area contributed by atoms with Gasteiger partial charge in [0, 0.05) is 12.8 Å². The molecule has 0 saturated carbocycles. The highest BCUT2D eigenvalue weighted by Crippen LogP contribution is 2.23. The van der Waals surface area contributed by atoms with Crippen molar-refractivity contribution in [2.45, 2.75) is 282 Å². The minimum absolute atomic E-state index is 0.217. The molecule has 0 aliphatic carbocycles. The van der Waals surface area contributed by atoms with Crippen molar-refractivity contribution in [3.05, 3.63) is 24.3 Å². The molecule has 1 aliphatic heterocycles. The van der Waals surface area contributed by atoms with Crippen LogP contribution in [0.1, 0.15) is 245 Å². The average molecular weight is 895 g/mol. The van der Waals surface area contributed by atoms with E-state index in [1.807, 2.05) is 0 Å². The Morgan fingerprint density at radius 2 is 0.889 bits per heavy atom. The maximum absolute atomic E-state index is 12.8. The first-order valence-corrected chi connectivity index (χ1v) is 26.4. The van der Waals surface area contributed by atoms with Gasteiger partial charge in [-0.1, -0.05) is 212 Å². The van der Waals surface area contributed by atoms with Crippen LogP contribution in [0.25, 0.3) is 0 Å². The molecular weight excluding hydrogens is 797 g/mol. The summed E-state index contributed by atoms with van der Waals surface area (Å²) in [5.74, 6) is -0.810. The van der Waals surface area contributed by atoms with Gasteiger partial charge in [-0.25, -0.2) is 0 Å². The number of esters is 2. The van der Waals surface area contributed by atoms with Crippen LogP contribution in [0, 0.1) is 0 Å². The summed E-state index contributed by atoms with van der Waals surface area (Å²) < 4.78 is 22.2. The summed E-state index contributed by atoms with van der Waals surface area (Å²) in [6.45, 7) is 3.42. The van der Waals surface area contributed by atoms with Crippen molar-refractivity contribution < 1.29 is 49.0 Å². The summed E-state index contributed by atoms with van der Waals surface area (Å²) in [7, 11) is 0. The van der Waals surface area contributed by atoms with Gasteiger partial charge in [-0.05, 0) is 44.9 Å². The van der Waals surface area contributed by atoms with Gasteiger partial charge in [0.1, 0.15) is 31.0 Å². The second-order valence-electron chi connectivity index (χ2n) is 18.3. The van der Waals surface area contributed by atoms with Crippen LogP contribution in [-0.4, -0.2) is 89.0 Å². The SMILES string of the molecule is CCCCC/C=C/C/C=C/CCCCCCCC(=O)O[C@@H](COC(=O)CCCCCCCCCCCCCCCCCCCCCCCCC)CO[C@H]1O[C@@H](CO)[C@@H](O)C(O)C1O. The lowest BCUT2D eigenvalue weighted by molar-refractivity contribution is -0.305. The fourth-order valence-corrected chi connectivity index (χ4v) is 8.16. The number of allylic oxidation sites excluding steroid dienone is 4. The lowest BCUT2D eigenvalue weighted by Gasteiger charge is -2.39. The van der Waals surface area contributed by atoms with E-state index in [9.17, 15) is 30.0 Å². The third-order valence-corrected chi connectivity index (χ3v) is 12.3. The second-order valence-corrected chi connectivity index (χ2v) is 18.3. The van der Waals surface area contributed by atoms with Gasteiger partial charge in [0.15, 0.2) is 12.4 Å². The smallest absolute Gasteiger partial charge is 0.306 e. The first kappa shape index (κ1) is 59.2. The highest BCUT2D eigenvalue weighted by molar-refractivity contribution is 5.70. The average Bonchev–Trinajstić information content (AvgIpc) is 3.28. The van der Waals surface area contributed by atoms with E-state index in [2.05, 4.69) is 38.2 Å². The molecule has 10 nitrogen and oxygen atoms in total. The fraction of sp³-hybridized carbons (Fsp3) is 0.887. The molecule has 0 radical (unpaired) electrons. The summed E-state index contributed by atoms with van der Waals surface area (Å²) in [4.78, 5) is 25.4. The molecule has 1 heterocycles. The van der Waals surface area contributed by atoms with Gasteiger partial charge >= 0.3 is 11.9 Å². The van der Waals surface area contributed by atoms with E-state index in [1.54, 1.807) is 0 Å². The number of rotatable bonds is 45. The molecular formula is C53H98O10. The van der Waals surface area contributed by atoms with Crippen molar-refractivity contribution in [3.8, 4) is 0 Å². The van der Waals surface area contributed by atoms with Gasteiger partial charge in [-0.15, -0.1) is 0 Å². The Kier molecular flexibility index (Phi) is 41.4. The second kappa shape index (κ2) is 44.0. The highest BCUT2D eigenvalue weighted by Gasteiger charge is 2.44. The van der Waals surface area contributed by atoms with Crippen LogP contribution in [-0.2, 0) is 28.5 Å². The molecule has 6 atom stereocenters. The number of aliphatic hydroxyl groups excluding tert-OH is 4. The van der Waals surface area contributed by atoms with Crippen molar-refractivity contribution in [2.75, 3.05) is 19.8 Å². The summed E-state index contributed by atoms with van der Waals surface area (Å²) in [6, 6.07) is 0. The van der Waals surface area contributed by atoms with E-state index in [1.165, 1.54) is 154 Å². The van der Waals surface area contributed by atoms with Crippen molar-refractivity contribution in [1.29, 1.82) is 0 Å². The van der Waals surface area contributed by atoms with Crippen molar-refractivity contribution >= 4 is 11.9 Å². The topological polar surface area (TPSA) is 152 Å². The molecule has 0 aromatic heterocycles. The number of carbonyl (C=O) groups excluding carboxylic acids is 2. The Labute approximate surface area is 385 Å². The maximum Gasteiger partial charge on any atom is 0.306 e. The summed E-state index contributed by atoms with van der Waals surface area (Å²) >= 11 is 0. The molecule has 1 fully saturated rings. The molecule has 0 aromatic rings. The fourth-order valence-electron chi connectivity index (χ4n) is 8.16. The maximum atomic E-state index is 12.8. The Balaban J connectivity index is 2.21. The molecule has 2 unspecified atom stereocenters. The Hall–Kier alpha value is -1.82. The molecule has 0 amide bonds. The zero-order valence-corrected chi connectivity index (χ0v) is 40.6. The molecule has 0 spiro atoms. The van der Waals surface area contributed by atoms with Crippen LogP contribution >= 0.6 is 0 Å². The zero-order chi connectivity index (χ0) is 45.9. The normalized spacial score (nSPS) is 19.6.